The third-order valence-corrected chi connectivity index (χ3v) is 4.58. The van der Waals surface area contributed by atoms with Crippen LogP contribution in [0.2, 0.25) is 0 Å². The van der Waals surface area contributed by atoms with Crippen molar-refractivity contribution >= 4 is 46.2 Å². The average Bonchev–Trinajstić information content (AvgIpc) is 3.23. The maximum Gasteiger partial charge on any atom is 0.230 e. The number of nitrogens with zero attached hydrogens (tertiary/aromatic N) is 6. The van der Waals surface area contributed by atoms with E-state index in [0.29, 0.717) is 11.6 Å². The summed E-state index contributed by atoms with van der Waals surface area (Å²) < 4.78 is 0. The second kappa shape index (κ2) is 6.74. The Morgan fingerprint density at radius 3 is 2.75 bits per heavy atom. The van der Waals surface area contributed by atoms with E-state index in [9.17, 15) is 5.26 Å². The number of aromatic nitrogens is 4. The van der Waals surface area contributed by atoms with E-state index in [1.165, 1.54) is 11.3 Å². The van der Waals surface area contributed by atoms with Gasteiger partial charge in [-0.05, 0) is 17.5 Å². The molecule has 2 N–H and O–H groups in total. The molecule has 3 rings (SSSR count). The number of allylic oxidation sites excluding steroid dienone is 1. The van der Waals surface area contributed by atoms with E-state index in [4.69, 9.17) is 5.73 Å². The van der Waals surface area contributed by atoms with Gasteiger partial charge in [0.05, 0.1) is 11.3 Å². The Labute approximate surface area is 146 Å². The van der Waals surface area contributed by atoms with Crippen LogP contribution in [0, 0.1) is 11.3 Å². The van der Waals surface area contributed by atoms with Crippen LogP contribution in [-0.2, 0) is 0 Å². The summed E-state index contributed by atoms with van der Waals surface area (Å²) in [6.07, 6.45) is 1.65. The summed E-state index contributed by atoms with van der Waals surface area (Å²) in [4.78, 5) is 18.6. The normalized spacial score (nSPS) is 11.3. The summed E-state index contributed by atoms with van der Waals surface area (Å²) in [6.45, 7) is 0. The molecule has 0 unspecified atom stereocenters. The zero-order valence-corrected chi connectivity index (χ0v) is 14.6. The number of thiophene rings is 1. The van der Waals surface area contributed by atoms with Gasteiger partial charge < -0.3 is 10.6 Å². The highest BCUT2D eigenvalue weighted by Gasteiger charge is 2.12. The van der Waals surface area contributed by atoms with Crippen LogP contribution in [0.15, 0.2) is 22.2 Å². The van der Waals surface area contributed by atoms with Crippen LogP contribution in [0.3, 0.4) is 0 Å². The van der Waals surface area contributed by atoms with Crippen LogP contribution in [0.4, 0.5) is 11.9 Å². The molecule has 3 aromatic heterocycles. The second-order valence-corrected chi connectivity index (χ2v) is 6.61. The van der Waals surface area contributed by atoms with Gasteiger partial charge in [-0.25, -0.2) is 4.98 Å². The maximum absolute atomic E-state index is 9.46. The Morgan fingerprint density at radius 2 is 2.08 bits per heavy atom. The molecule has 0 bridgehead atoms. The first-order valence-corrected chi connectivity index (χ1v) is 8.68. The summed E-state index contributed by atoms with van der Waals surface area (Å²) in [7, 11) is 3.59. The fourth-order valence-corrected chi connectivity index (χ4v) is 3.36. The van der Waals surface area contributed by atoms with Gasteiger partial charge in [0.1, 0.15) is 11.1 Å². The van der Waals surface area contributed by atoms with Crippen LogP contribution < -0.4 is 10.6 Å². The van der Waals surface area contributed by atoms with Crippen LogP contribution in [-0.4, -0.2) is 34.0 Å². The van der Waals surface area contributed by atoms with Crippen molar-refractivity contribution in [2.45, 2.75) is 0 Å². The van der Waals surface area contributed by atoms with Gasteiger partial charge in [0, 0.05) is 30.4 Å². The number of rotatable bonds is 4. The molecule has 24 heavy (non-hydrogen) atoms. The van der Waals surface area contributed by atoms with Crippen molar-refractivity contribution in [3.05, 3.63) is 33.7 Å². The molecular weight excluding hydrogens is 342 g/mol. The molecule has 7 nitrogen and oxygen atoms in total. The largest absolute Gasteiger partial charge is 0.368 e. The lowest BCUT2D eigenvalue weighted by Gasteiger charge is -2.10. The van der Waals surface area contributed by atoms with Gasteiger partial charge in [0.15, 0.2) is 5.82 Å². The van der Waals surface area contributed by atoms with E-state index in [1.54, 1.807) is 36.4 Å². The van der Waals surface area contributed by atoms with Crippen molar-refractivity contribution in [3.8, 4) is 16.6 Å². The molecule has 0 aliphatic rings. The smallest absolute Gasteiger partial charge is 0.230 e. The van der Waals surface area contributed by atoms with E-state index in [0.717, 1.165) is 10.6 Å². The number of nitriles is 1. The summed E-state index contributed by atoms with van der Waals surface area (Å²) in [5.74, 6) is 0.705. The van der Waals surface area contributed by atoms with E-state index in [1.807, 2.05) is 22.2 Å². The zero-order chi connectivity index (χ0) is 17.1. The van der Waals surface area contributed by atoms with Crippen LogP contribution in [0.25, 0.3) is 22.2 Å². The van der Waals surface area contributed by atoms with E-state index >= 15 is 0 Å². The minimum Gasteiger partial charge on any atom is -0.368 e. The number of hydrogen-bond donors (Lipinski definition) is 1. The number of nitrogen functional groups attached to an aromatic ring is 1. The molecule has 0 aromatic carbocycles. The molecule has 0 radical (unpaired) electrons. The van der Waals surface area contributed by atoms with Gasteiger partial charge >= 0.3 is 0 Å². The summed E-state index contributed by atoms with van der Waals surface area (Å²) in [5.41, 5.74) is 7.76. The molecule has 9 heteroatoms. The molecular formula is C15H13N7S2. The predicted molar refractivity (Wildman–Crippen MR) is 97.5 cm³/mol. The third-order valence-electron chi connectivity index (χ3n) is 2.98. The average molecular weight is 355 g/mol. The summed E-state index contributed by atoms with van der Waals surface area (Å²) in [5, 5.41) is 16.3. The minimum absolute atomic E-state index is 0.0714. The van der Waals surface area contributed by atoms with Crippen molar-refractivity contribution in [1.29, 1.82) is 5.26 Å². The van der Waals surface area contributed by atoms with Gasteiger partial charge in [-0.15, -0.1) is 11.3 Å². The monoisotopic (exact) mass is 355 g/mol. The number of hydrogen-bond acceptors (Lipinski definition) is 9. The Morgan fingerprint density at radius 1 is 1.25 bits per heavy atom. The van der Waals surface area contributed by atoms with Gasteiger partial charge in [-0.3, -0.25) is 0 Å². The highest BCUT2D eigenvalue weighted by atomic mass is 32.1. The quantitative estimate of drug-likeness (QED) is 0.717. The topological polar surface area (TPSA) is 105 Å². The molecule has 3 heterocycles. The fourth-order valence-electron chi connectivity index (χ4n) is 1.87. The minimum atomic E-state index is 0.0714. The fraction of sp³-hybridized carbons (Fsp3) is 0.133. The van der Waals surface area contributed by atoms with E-state index < -0.39 is 0 Å². The second-order valence-electron chi connectivity index (χ2n) is 4.97. The Bertz CT molecular complexity index is 920. The van der Waals surface area contributed by atoms with E-state index in [-0.39, 0.29) is 17.3 Å². The SMILES string of the molecule is CN(C)c1nc(N)nc(/C(C#N)=C\c2csc(-c3ccsc3)n2)n1. The lowest BCUT2D eigenvalue weighted by atomic mass is 10.2. The first-order chi connectivity index (χ1) is 11.6. The molecule has 0 aliphatic heterocycles. The molecule has 0 amide bonds. The highest BCUT2D eigenvalue weighted by Crippen LogP contribution is 2.27. The van der Waals surface area contributed by atoms with Crippen molar-refractivity contribution in [2.24, 2.45) is 0 Å². The van der Waals surface area contributed by atoms with Crippen LogP contribution in [0.1, 0.15) is 11.5 Å². The van der Waals surface area contributed by atoms with Crippen LogP contribution in [0.5, 0.6) is 0 Å². The van der Waals surface area contributed by atoms with Gasteiger partial charge in [-0.2, -0.15) is 31.6 Å². The molecule has 0 saturated heterocycles. The zero-order valence-electron chi connectivity index (χ0n) is 13.0. The summed E-state index contributed by atoms with van der Waals surface area (Å²) in [6, 6.07) is 4.12. The van der Waals surface area contributed by atoms with Crippen LogP contribution >= 0.6 is 22.7 Å². The van der Waals surface area contributed by atoms with E-state index in [2.05, 4.69) is 26.0 Å². The molecule has 0 atom stereocenters. The number of thiazole rings is 1. The van der Waals surface area contributed by atoms with Crippen molar-refractivity contribution in [3.63, 3.8) is 0 Å². The van der Waals surface area contributed by atoms with Gasteiger partial charge in [0.2, 0.25) is 11.9 Å². The molecule has 0 saturated carbocycles. The first kappa shape index (κ1) is 16.0. The first-order valence-electron chi connectivity index (χ1n) is 6.86. The Kier molecular flexibility index (Phi) is 4.50. The molecule has 3 aromatic rings. The van der Waals surface area contributed by atoms with Crippen molar-refractivity contribution < 1.29 is 0 Å². The number of anilines is 2. The molecule has 0 spiro atoms. The predicted octanol–water partition coefficient (Wildman–Crippen LogP) is 2.77. The molecule has 120 valence electrons. The maximum atomic E-state index is 9.46. The Hall–Kier alpha value is -2.83. The van der Waals surface area contributed by atoms with Crippen molar-refractivity contribution in [2.75, 3.05) is 24.7 Å². The Balaban J connectivity index is 1.97. The third kappa shape index (κ3) is 3.40. The highest BCUT2D eigenvalue weighted by molar-refractivity contribution is 7.14. The molecule has 0 aliphatic carbocycles. The standard InChI is InChI=1S/C15H13N7S2/c1-22(2)15-20-12(19-14(17)21-15)10(6-16)5-11-8-24-13(18-11)9-3-4-23-7-9/h3-5,7-8H,1-2H3,(H2,17,19,20,21)/b10-5-. The van der Waals surface area contributed by atoms with Gasteiger partial charge in [0.25, 0.3) is 0 Å². The number of nitrogens with two attached hydrogens (primary N) is 1. The lowest BCUT2D eigenvalue weighted by Crippen LogP contribution is -2.15. The van der Waals surface area contributed by atoms with Crippen molar-refractivity contribution in [1.82, 2.24) is 19.9 Å². The van der Waals surface area contributed by atoms with Gasteiger partial charge in [-0.1, -0.05) is 0 Å². The molecule has 0 fully saturated rings. The lowest BCUT2D eigenvalue weighted by molar-refractivity contribution is 0.952. The summed E-state index contributed by atoms with van der Waals surface area (Å²) >= 11 is 3.14.